The molecule has 0 amide bonds. The van der Waals surface area contributed by atoms with Gasteiger partial charge in [0.25, 0.3) is 0 Å². The van der Waals surface area contributed by atoms with E-state index in [0.29, 0.717) is 30.7 Å². The number of hydrazine groups is 1. The fraction of sp³-hybridized carbons (Fsp3) is 0.333. The van der Waals surface area contributed by atoms with Crippen molar-refractivity contribution < 1.29 is 4.74 Å². The molecule has 0 saturated heterocycles. The maximum Gasteiger partial charge on any atom is 0.161 e. The first-order valence-electron chi connectivity index (χ1n) is 5.10. The molecule has 2 heterocycles. The minimum atomic E-state index is 0.327. The lowest BCUT2D eigenvalue weighted by molar-refractivity contribution is 0.128. The summed E-state index contributed by atoms with van der Waals surface area (Å²) in [6, 6.07) is 1.67. The highest BCUT2D eigenvalue weighted by atomic mass is 16.5. The second kappa shape index (κ2) is 5.32. The first-order valence-corrected chi connectivity index (χ1v) is 5.10. The van der Waals surface area contributed by atoms with Gasteiger partial charge in [0.15, 0.2) is 11.6 Å². The zero-order valence-electron chi connectivity index (χ0n) is 9.37. The van der Waals surface area contributed by atoms with Gasteiger partial charge in [-0.25, -0.2) is 25.5 Å². The van der Waals surface area contributed by atoms with Gasteiger partial charge >= 0.3 is 0 Å². The topological polar surface area (TPSA) is 104 Å². The molecule has 0 aliphatic rings. The Hall–Kier alpha value is -2.06. The van der Waals surface area contributed by atoms with E-state index in [1.165, 1.54) is 11.0 Å². The second-order valence-corrected chi connectivity index (χ2v) is 3.15. The Kier molecular flexibility index (Phi) is 3.58. The zero-order chi connectivity index (χ0) is 12.1. The number of nitrogens with one attached hydrogen (secondary N) is 1. The van der Waals surface area contributed by atoms with Gasteiger partial charge in [0.1, 0.15) is 25.1 Å². The van der Waals surface area contributed by atoms with E-state index in [-0.39, 0.29) is 0 Å². The van der Waals surface area contributed by atoms with Crippen LogP contribution in [0.25, 0.3) is 5.82 Å². The van der Waals surface area contributed by atoms with Crippen molar-refractivity contribution in [2.24, 2.45) is 5.84 Å². The number of rotatable bonds is 5. The van der Waals surface area contributed by atoms with E-state index < -0.39 is 0 Å². The fourth-order valence-electron chi connectivity index (χ4n) is 1.26. The molecule has 17 heavy (non-hydrogen) atoms. The smallest absolute Gasteiger partial charge is 0.161 e. The molecule has 0 aromatic carbocycles. The van der Waals surface area contributed by atoms with Gasteiger partial charge in [-0.05, 0) is 6.92 Å². The van der Waals surface area contributed by atoms with Crippen molar-refractivity contribution in [3.63, 3.8) is 0 Å². The molecular weight excluding hydrogens is 222 g/mol. The molecule has 2 aromatic rings. The van der Waals surface area contributed by atoms with E-state index in [1.807, 2.05) is 6.92 Å². The molecule has 0 spiro atoms. The van der Waals surface area contributed by atoms with E-state index in [0.717, 1.165) is 0 Å². The average molecular weight is 235 g/mol. The maximum absolute atomic E-state index is 5.34. The van der Waals surface area contributed by atoms with Gasteiger partial charge < -0.3 is 10.2 Å². The lowest BCUT2D eigenvalue weighted by Crippen LogP contribution is -2.13. The van der Waals surface area contributed by atoms with Gasteiger partial charge in [-0.2, -0.15) is 5.10 Å². The third-order valence-electron chi connectivity index (χ3n) is 2.00. The number of nitrogens with zero attached hydrogens (tertiary/aromatic N) is 5. The Labute approximate surface area is 97.8 Å². The molecule has 0 saturated carbocycles. The Bertz CT molecular complexity index is 470. The van der Waals surface area contributed by atoms with Crippen LogP contribution in [-0.4, -0.2) is 31.3 Å². The SMILES string of the molecule is CCOCc1nc(NN)cc(-n2cncn2)n1. The highest BCUT2D eigenvalue weighted by molar-refractivity contribution is 5.39. The van der Waals surface area contributed by atoms with Crippen LogP contribution in [0.1, 0.15) is 12.7 Å². The molecule has 8 heteroatoms. The Morgan fingerprint density at radius 2 is 2.35 bits per heavy atom. The molecule has 0 aliphatic heterocycles. The van der Waals surface area contributed by atoms with Gasteiger partial charge in [-0.15, -0.1) is 0 Å². The molecule has 0 atom stereocenters. The molecule has 2 aromatic heterocycles. The largest absolute Gasteiger partial charge is 0.374 e. The van der Waals surface area contributed by atoms with E-state index >= 15 is 0 Å². The summed E-state index contributed by atoms with van der Waals surface area (Å²) in [4.78, 5) is 12.3. The van der Waals surface area contributed by atoms with Crippen molar-refractivity contribution in [1.29, 1.82) is 0 Å². The van der Waals surface area contributed by atoms with E-state index in [2.05, 4.69) is 25.5 Å². The van der Waals surface area contributed by atoms with Crippen molar-refractivity contribution in [3.8, 4) is 5.82 Å². The summed E-state index contributed by atoms with van der Waals surface area (Å²) in [7, 11) is 0. The van der Waals surface area contributed by atoms with Crippen LogP contribution in [0.4, 0.5) is 5.82 Å². The first kappa shape index (κ1) is 11.4. The number of nitrogens with two attached hydrogens (primary N) is 1. The summed E-state index contributed by atoms with van der Waals surface area (Å²) >= 11 is 0. The number of ether oxygens (including phenoxy) is 1. The molecule has 0 aliphatic carbocycles. The van der Waals surface area contributed by atoms with Crippen molar-refractivity contribution in [3.05, 3.63) is 24.5 Å². The molecule has 3 N–H and O–H groups in total. The van der Waals surface area contributed by atoms with Gasteiger partial charge in [0.05, 0.1) is 0 Å². The predicted octanol–water partition coefficient (Wildman–Crippen LogP) is -0.121. The standard InChI is InChI=1S/C9H13N7O/c1-2-17-4-8-13-7(15-10)3-9(14-8)16-6-11-5-12-16/h3,5-6H,2,4,10H2,1H3,(H,13,14,15). The number of hydrogen-bond donors (Lipinski definition) is 2. The molecule has 0 fully saturated rings. The number of aromatic nitrogens is 5. The first-order chi connectivity index (χ1) is 8.33. The summed E-state index contributed by atoms with van der Waals surface area (Å²) in [5, 5.41) is 3.99. The van der Waals surface area contributed by atoms with Gasteiger partial charge in [-0.3, -0.25) is 0 Å². The lowest BCUT2D eigenvalue weighted by atomic mass is 10.5. The number of hydrogen-bond acceptors (Lipinski definition) is 7. The van der Waals surface area contributed by atoms with Crippen LogP contribution >= 0.6 is 0 Å². The van der Waals surface area contributed by atoms with Gasteiger partial charge in [0, 0.05) is 12.7 Å². The van der Waals surface area contributed by atoms with Crippen molar-refractivity contribution in [1.82, 2.24) is 24.7 Å². The van der Waals surface area contributed by atoms with Gasteiger partial charge in [0.2, 0.25) is 0 Å². The van der Waals surface area contributed by atoms with E-state index in [4.69, 9.17) is 10.6 Å². The summed E-state index contributed by atoms with van der Waals surface area (Å²) in [5.41, 5.74) is 2.48. The van der Waals surface area contributed by atoms with Crippen LogP contribution < -0.4 is 11.3 Å². The summed E-state index contributed by atoms with van der Waals surface area (Å²) in [6.07, 6.45) is 2.98. The normalized spacial score (nSPS) is 10.5. The van der Waals surface area contributed by atoms with Crippen LogP contribution in [-0.2, 0) is 11.3 Å². The van der Waals surface area contributed by atoms with Crippen molar-refractivity contribution in [2.45, 2.75) is 13.5 Å². The second-order valence-electron chi connectivity index (χ2n) is 3.15. The minimum Gasteiger partial charge on any atom is -0.374 e. The molecule has 8 nitrogen and oxygen atoms in total. The molecular formula is C9H13N7O. The third-order valence-corrected chi connectivity index (χ3v) is 2.00. The predicted molar refractivity (Wildman–Crippen MR) is 60.1 cm³/mol. The minimum absolute atomic E-state index is 0.327. The monoisotopic (exact) mass is 235 g/mol. The van der Waals surface area contributed by atoms with Crippen molar-refractivity contribution >= 4 is 5.82 Å². The van der Waals surface area contributed by atoms with Crippen LogP contribution in [0.15, 0.2) is 18.7 Å². The average Bonchev–Trinajstić information content (AvgIpc) is 2.89. The molecule has 2 rings (SSSR count). The quantitative estimate of drug-likeness (QED) is 0.550. The van der Waals surface area contributed by atoms with Crippen LogP contribution in [0.3, 0.4) is 0 Å². The zero-order valence-corrected chi connectivity index (χ0v) is 9.37. The summed E-state index contributed by atoms with van der Waals surface area (Å²) in [5.74, 6) is 6.96. The molecule has 0 bridgehead atoms. The van der Waals surface area contributed by atoms with Crippen LogP contribution in [0.2, 0.25) is 0 Å². The highest BCUT2D eigenvalue weighted by Gasteiger charge is 2.06. The number of nitrogen functional groups attached to an aromatic ring is 1. The summed E-state index contributed by atoms with van der Waals surface area (Å²) < 4.78 is 6.78. The van der Waals surface area contributed by atoms with E-state index in [1.54, 1.807) is 12.4 Å². The van der Waals surface area contributed by atoms with Crippen LogP contribution in [0, 0.1) is 0 Å². The Morgan fingerprint density at radius 3 is 3.00 bits per heavy atom. The molecule has 90 valence electrons. The number of anilines is 1. The van der Waals surface area contributed by atoms with Crippen molar-refractivity contribution in [2.75, 3.05) is 12.0 Å². The Morgan fingerprint density at radius 1 is 1.47 bits per heavy atom. The fourth-order valence-corrected chi connectivity index (χ4v) is 1.26. The lowest BCUT2D eigenvalue weighted by Gasteiger charge is -2.07. The molecule has 0 radical (unpaired) electrons. The van der Waals surface area contributed by atoms with E-state index in [9.17, 15) is 0 Å². The Balaban J connectivity index is 2.32. The van der Waals surface area contributed by atoms with Crippen LogP contribution in [0.5, 0.6) is 0 Å². The van der Waals surface area contributed by atoms with Gasteiger partial charge in [-0.1, -0.05) is 0 Å². The highest BCUT2D eigenvalue weighted by Crippen LogP contribution is 2.09. The molecule has 0 unspecified atom stereocenters. The maximum atomic E-state index is 5.34. The third kappa shape index (κ3) is 2.74. The summed E-state index contributed by atoms with van der Waals surface area (Å²) in [6.45, 7) is 2.83.